The second-order valence-corrected chi connectivity index (χ2v) is 5.02. The van der Waals surface area contributed by atoms with Crippen LogP contribution in [0.25, 0.3) is 0 Å². The molecule has 120 valence electrons. The first-order valence-electron chi connectivity index (χ1n) is 6.77. The van der Waals surface area contributed by atoms with Crippen molar-refractivity contribution in [3.63, 3.8) is 0 Å². The minimum atomic E-state index is -0.307. The number of anilines is 1. The summed E-state index contributed by atoms with van der Waals surface area (Å²) >= 11 is 5.85. The number of nitrogens with zero attached hydrogens (tertiary/aromatic N) is 1. The monoisotopic (exact) mass is 333 g/mol. The largest absolute Gasteiger partial charge is 0.504 e. The molecule has 0 aromatic heterocycles. The average molecular weight is 334 g/mol. The molecule has 3 N–H and O–H groups in total. The van der Waals surface area contributed by atoms with Crippen LogP contribution in [-0.4, -0.2) is 30.9 Å². The van der Waals surface area contributed by atoms with Crippen LogP contribution in [-0.2, 0) is 4.79 Å². The standard InChI is InChI=1S/C16H16ClN3O3/c1-23-15-6-5-11(7-14(15)21)9-19-20-16(22)10-18-13-4-2-3-12(17)8-13/h2-9,18,21H,10H2,1H3,(H,20,22)/b19-9+. The van der Waals surface area contributed by atoms with Crippen molar-refractivity contribution in [1.29, 1.82) is 0 Å². The highest BCUT2D eigenvalue weighted by Crippen LogP contribution is 2.25. The lowest BCUT2D eigenvalue weighted by Crippen LogP contribution is -2.25. The van der Waals surface area contributed by atoms with Gasteiger partial charge in [0.2, 0.25) is 0 Å². The molecule has 0 unspecified atom stereocenters. The molecule has 0 aliphatic heterocycles. The molecular formula is C16H16ClN3O3. The smallest absolute Gasteiger partial charge is 0.259 e. The Morgan fingerprint density at radius 3 is 2.87 bits per heavy atom. The maximum absolute atomic E-state index is 11.7. The Kier molecular flexibility index (Phi) is 5.82. The third kappa shape index (κ3) is 5.19. The molecule has 1 amide bonds. The molecule has 0 aliphatic carbocycles. The third-order valence-electron chi connectivity index (χ3n) is 2.88. The van der Waals surface area contributed by atoms with Gasteiger partial charge in [0.25, 0.3) is 5.91 Å². The fraction of sp³-hybridized carbons (Fsp3) is 0.125. The van der Waals surface area contributed by atoms with Gasteiger partial charge in [0.05, 0.1) is 19.9 Å². The van der Waals surface area contributed by atoms with Crippen LogP contribution < -0.4 is 15.5 Å². The number of halogens is 1. The minimum Gasteiger partial charge on any atom is -0.504 e. The number of methoxy groups -OCH3 is 1. The first-order chi connectivity index (χ1) is 11.1. The van der Waals surface area contributed by atoms with Crippen molar-refractivity contribution in [1.82, 2.24) is 5.43 Å². The number of carbonyl (C=O) groups excluding carboxylic acids is 1. The number of carbonyl (C=O) groups is 1. The highest BCUT2D eigenvalue weighted by molar-refractivity contribution is 6.30. The Morgan fingerprint density at radius 2 is 2.17 bits per heavy atom. The lowest BCUT2D eigenvalue weighted by Gasteiger charge is -2.05. The highest BCUT2D eigenvalue weighted by atomic mass is 35.5. The van der Waals surface area contributed by atoms with Gasteiger partial charge in [-0.3, -0.25) is 4.79 Å². The maximum Gasteiger partial charge on any atom is 0.259 e. The summed E-state index contributed by atoms with van der Waals surface area (Å²) in [4.78, 5) is 11.7. The summed E-state index contributed by atoms with van der Waals surface area (Å²) in [6.07, 6.45) is 1.43. The number of hydrogen-bond acceptors (Lipinski definition) is 5. The van der Waals surface area contributed by atoms with Crippen molar-refractivity contribution >= 4 is 29.4 Å². The van der Waals surface area contributed by atoms with Crippen molar-refractivity contribution in [3.8, 4) is 11.5 Å². The predicted molar refractivity (Wildman–Crippen MR) is 90.3 cm³/mol. The van der Waals surface area contributed by atoms with E-state index in [1.54, 1.807) is 30.3 Å². The van der Waals surface area contributed by atoms with Gasteiger partial charge >= 0.3 is 0 Å². The Bertz CT molecular complexity index is 719. The van der Waals surface area contributed by atoms with Crippen LogP contribution in [0, 0.1) is 0 Å². The number of amides is 1. The van der Waals surface area contributed by atoms with Crippen molar-refractivity contribution in [2.24, 2.45) is 5.10 Å². The van der Waals surface area contributed by atoms with E-state index in [-0.39, 0.29) is 18.2 Å². The normalized spacial score (nSPS) is 10.5. The molecule has 0 spiro atoms. The Hall–Kier alpha value is -2.73. The van der Waals surface area contributed by atoms with Crippen LogP contribution in [0.4, 0.5) is 5.69 Å². The van der Waals surface area contributed by atoms with Gasteiger partial charge < -0.3 is 15.2 Å². The molecule has 0 bridgehead atoms. The molecule has 2 aromatic rings. The molecule has 0 heterocycles. The molecule has 0 fully saturated rings. The van der Waals surface area contributed by atoms with E-state index in [0.717, 1.165) is 5.69 Å². The minimum absolute atomic E-state index is 0.00500. The molecule has 6 nitrogen and oxygen atoms in total. The molecule has 23 heavy (non-hydrogen) atoms. The second-order valence-electron chi connectivity index (χ2n) is 4.59. The summed E-state index contributed by atoms with van der Waals surface area (Å²) < 4.78 is 4.94. The number of aromatic hydroxyl groups is 1. The lowest BCUT2D eigenvalue weighted by molar-refractivity contribution is -0.119. The number of phenols is 1. The number of benzene rings is 2. The maximum atomic E-state index is 11.7. The zero-order chi connectivity index (χ0) is 16.7. The van der Waals surface area contributed by atoms with E-state index in [9.17, 15) is 9.90 Å². The summed E-state index contributed by atoms with van der Waals surface area (Å²) in [6, 6.07) is 11.9. The third-order valence-corrected chi connectivity index (χ3v) is 3.12. The van der Waals surface area contributed by atoms with Gasteiger partial charge in [-0.2, -0.15) is 5.10 Å². The van der Waals surface area contributed by atoms with E-state index in [4.69, 9.17) is 16.3 Å². The highest BCUT2D eigenvalue weighted by Gasteiger charge is 2.02. The summed E-state index contributed by atoms with van der Waals surface area (Å²) in [5.41, 5.74) is 3.76. The number of ether oxygens (including phenoxy) is 1. The van der Waals surface area contributed by atoms with Gasteiger partial charge in [0.15, 0.2) is 11.5 Å². The molecule has 0 radical (unpaired) electrons. The molecule has 0 aliphatic rings. The van der Waals surface area contributed by atoms with Gasteiger partial charge in [0.1, 0.15) is 0 Å². The van der Waals surface area contributed by atoms with Crippen LogP contribution in [0.1, 0.15) is 5.56 Å². The number of phenolic OH excluding ortho intramolecular Hbond substituents is 1. The molecule has 0 saturated carbocycles. The topological polar surface area (TPSA) is 83.0 Å². The summed E-state index contributed by atoms with van der Waals surface area (Å²) in [5, 5.41) is 17.0. The summed E-state index contributed by atoms with van der Waals surface area (Å²) in [5.74, 6) is 0.0706. The molecule has 2 aromatic carbocycles. The van der Waals surface area contributed by atoms with Crippen molar-refractivity contribution in [2.75, 3.05) is 19.0 Å². The first kappa shape index (κ1) is 16.6. The van der Waals surface area contributed by atoms with Crippen LogP contribution in [0.15, 0.2) is 47.6 Å². The van der Waals surface area contributed by atoms with Gasteiger partial charge in [-0.05, 0) is 42.0 Å². The van der Waals surface area contributed by atoms with Crippen molar-refractivity contribution < 1.29 is 14.6 Å². The molecule has 0 saturated heterocycles. The van der Waals surface area contributed by atoms with Crippen LogP contribution in [0.3, 0.4) is 0 Å². The van der Waals surface area contributed by atoms with E-state index in [1.807, 2.05) is 6.07 Å². The Labute approximate surface area is 138 Å². The van der Waals surface area contributed by atoms with E-state index >= 15 is 0 Å². The van der Waals surface area contributed by atoms with Crippen LogP contribution in [0.5, 0.6) is 11.5 Å². The number of hydrogen-bond donors (Lipinski definition) is 3. The SMILES string of the molecule is COc1ccc(/C=N/NC(=O)CNc2cccc(Cl)c2)cc1O. The van der Waals surface area contributed by atoms with Crippen LogP contribution >= 0.6 is 11.6 Å². The van der Waals surface area contributed by atoms with E-state index < -0.39 is 0 Å². The summed E-state index contributed by atoms with van der Waals surface area (Å²) in [6.45, 7) is 0.0611. The van der Waals surface area contributed by atoms with E-state index in [1.165, 1.54) is 19.4 Å². The quantitative estimate of drug-likeness (QED) is 0.560. The van der Waals surface area contributed by atoms with Gasteiger partial charge in [-0.25, -0.2) is 5.43 Å². The Morgan fingerprint density at radius 1 is 1.35 bits per heavy atom. The molecule has 0 atom stereocenters. The zero-order valence-corrected chi connectivity index (χ0v) is 13.2. The Balaban J connectivity index is 1.83. The van der Waals surface area contributed by atoms with Gasteiger partial charge in [0, 0.05) is 10.7 Å². The first-order valence-corrected chi connectivity index (χ1v) is 7.14. The molecule has 7 heteroatoms. The lowest BCUT2D eigenvalue weighted by atomic mass is 10.2. The predicted octanol–water partition coefficient (Wildman–Crippen LogP) is 2.62. The van der Waals surface area contributed by atoms with E-state index in [2.05, 4.69) is 15.8 Å². The number of nitrogens with one attached hydrogen (secondary N) is 2. The van der Waals surface area contributed by atoms with E-state index in [0.29, 0.717) is 16.3 Å². The summed E-state index contributed by atoms with van der Waals surface area (Å²) in [7, 11) is 1.47. The number of hydrazone groups is 1. The van der Waals surface area contributed by atoms with Crippen molar-refractivity contribution in [2.45, 2.75) is 0 Å². The van der Waals surface area contributed by atoms with Gasteiger partial charge in [-0.1, -0.05) is 17.7 Å². The molecule has 2 rings (SSSR count). The molecular weight excluding hydrogens is 318 g/mol. The number of rotatable bonds is 6. The zero-order valence-electron chi connectivity index (χ0n) is 12.4. The van der Waals surface area contributed by atoms with Gasteiger partial charge in [-0.15, -0.1) is 0 Å². The van der Waals surface area contributed by atoms with Crippen LogP contribution in [0.2, 0.25) is 5.02 Å². The fourth-order valence-corrected chi connectivity index (χ4v) is 1.98. The second kappa shape index (κ2) is 8.05. The van der Waals surface area contributed by atoms with Crippen molar-refractivity contribution in [3.05, 3.63) is 53.1 Å². The fourth-order valence-electron chi connectivity index (χ4n) is 1.79. The average Bonchev–Trinajstić information content (AvgIpc) is 2.53.